The van der Waals surface area contributed by atoms with Crippen molar-refractivity contribution in [1.29, 1.82) is 0 Å². The first-order valence-electron chi connectivity index (χ1n) is 4.25. The first-order valence-corrected chi connectivity index (χ1v) is 5.50. The van der Waals surface area contributed by atoms with Crippen molar-refractivity contribution in [2.75, 3.05) is 0 Å². The van der Waals surface area contributed by atoms with E-state index in [1.165, 1.54) is 18.3 Å². The number of rotatable bonds is 2. The van der Waals surface area contributed by atoms with Crippen LogP contribution in [-0.4, -0.2) is 22.4 Å². The van der Waals surface area contributed by atoms with E-state index in [2.05, 4.69) is 5.16 Å². The monoisotopic (exact) mass is 245 g/mol. The molecule has 6 heteroatoms. The molecule has 0 bridgehead atoms. The molecule has 1 aromatic rings. The highest BCUT2D eigenvalue weighted by Gasteiger charge is 2.42. The molecular formula is C9H8ClNO3S. The predicted octanol–water partition coefficient (Wildman–Crippen LogP) is 2.37. The molecule has 0 saturated heterocycles. The molecule has 1 aliphatic heterocycles. The molecule has 0 spiro atoms. The molecule has 80 valence electrons. The summed E-state index contributed by atoms with van der Waals surface area (Å²) < 4.78 is 0.604. The molecule has 15 heavy (non-hydrogen) atoms. The summed E-state index contributed by atoms with van der Waals surface area (Å²) in [6.07, 6.45) is 0.235. The third-order valence-electron chi connectivity index (χ3n) is 2.24. The van der Waals surface area contributed by atoms with Gasteiger partial charge in [0.05, 0.1) is 5.71 Å². The molecule has 2 rings (SSSR count). The summed E-state index contributed by atoms with van der Waals surface area (Å²) in [5.41, 5.74) is 0.0819. The summed E-state index contributed by atoms with van der Waals surface area (Å²) in [7, 11) is 0. The van der Waals surface area contributed by atoms with Crippen molar-refractivity contribution in [2.45, 2.75) is 18.9 Å². The zero-order chi connectivity index (χ0) is 11.1. The van der Waals surface area contributed by atoms with Gasteiger partial charge in [-0.2, -0.15) is 0 Å². The van der Waals surface area contributed by atoms with Gasteiger partial charge in [0.2, 0.25) is 5.60 Å². The predicted molar refractivity (Wildman–Crippen MR) is 57.6 cm³/mol. The van der Waals surface area contributed by atoms with Gasteiger partial charge in [-0.3, -0.25) is 0 Å². The van der Waals surface area contributed by atoms with Crippen molar-refractivity contribution in [3.63, 3.8) is 0 Å². The van der Waals surface area contributed by atoms with E-state index in [4.69, 9.17) is 21.5 Å². The van der Waals surface area contributed by atoms with Crippen LogP contribution in [0.2, 0.25) is 4.34 Å². The second-order valence-corrected chi connectivity index (χ2v) is 4.97. The maximum Gasteiger partial charge on any atom is 0.351 e. The van der Waals surface area contributed by atoms with E-state index in [0.717, 1.165) is 5.56 Å². The van der Waals surface area contributed by atoms with Gasteiger partial charge in [0.25, 0.3) is 0 Å². The molecule has 1 aromatic heterocycles. The van der Waals surface area contributed by atoms with E-state index in [9.17, 15) is 4.79 Å². The van der Waals surface area contributed by atoms with Gasteiger partial charge >= 0.3 is 5.97 Å². The molecule has 1 aliphatic rings. The lowest BCUT2D eigenvalue weighted by molar-refractivity contribution is -0.160. The quantitative estimate of drug-likeness (QED) is 0.870. The first-order chi connectivity index (χ1) is 7.03. The highest BCUT2D eigenvalue weighted by atomic mass is 35.5. The average Bonchev–Trinajstić information content (AvgIpc) is 2.73. The Bertz CT molecular complexity index is 442. The van der Waals surface area contributed by atoms with Crippen LogP contribution in [0, 0.1) is 0 Å². The Hall–Kier alpha value is -1.07. The minimum absolute atomic E-state index is 0.235. The number of thiophene rings is 1. The Morgan fingerprint density at radius 3 is 3.00 bits per heavy atom. The van der Waals surface area contributed by atoms with Crippen LogP contribution in [0.3, 0.4) is 0 Å². The molecule has 1 N–H and O–H groups in total. The molecule has 0 fully saturated rings. The highest BCUT2D eigenvalue weighted by molar-refractivity contribution is 7.14. The number of hydrogen-bond donors (Lipinski definition) is 1. The van der Waals surface area contributed by atoms with E-state index in [1.807, 2.05) is 11.4 Å². The molecule has 0 saturated carbocycles. The zero-order valence-electron chi connectivity index (χ0n) is 7.86. The van der Waals surface area contributed by atoms with Gasteiger partial charge in [0, 0.05) is 12.0 Å². The number of nitrogens with zero attached hydrogens (tertiary/aromatic N) is 1. The van der Waals surface area contributed by atoms with Crippen LogP contribution in [0.15, 0.2) is 16.6 Å². The minimum Gasteiger partial charge on any atom is -0.478 e. The third-order valence-corrected chi connectivity index (χ3v) is 3.41. The molecule has 0 radical (unpaired) electrons. The Labute approximate surface area is 95.1 Å². The van der Waals surface area contributed by atoms with Crippen molar-refractivity contribution < 1.29 is 14.7 Å². The van der Waals surface area contributed by atoms with Gasteiger partial charge in [-0.15, -0.1) is 11.3 Å². The fourth-order valence-corrected chi connectivity index (χ4v) is 2.26. The van der Waals surface area contributed by atoms with E-state index in [-0.39, 0.29) is 6.42 Å². The summed E-state index contributed by atoms with van der Waals surface area (Å²) in [6.45, 7) is 1.49. The number of hydrogen-bond acceptors (Lipinski definition) is 4. The lowest BCUT2D eigenvalue weighted by Crippen LogP contribution is -2.35. The lowest BCUT2D eigenvalue weighted by atomic mass is 9.97. The topological polar surface area (TPSA) is 58.9 Å². The highest BCUT2D eigenvalue weighted by Crippen LogP contribution is 2.31. The molecule has 0 aromatic carbocycles. The molecule has 0 aliphatic carbocycles. The Kier molecular flexibility index (Phi) is 2.44. The van der Waals surface area contributed by atoms with E-state index in [1.54, 1.807) is 0 Å². The van der Waals surface area contributed by atoms with Crippen LogP contribution in [0.5, 0.6) is 0 Å². The van der Waals surface area contributed by atoms with E-state index >= 15 is 0 Å². The van der Waals surface area contributed by atoms with Crippen LogP contribution < -0.4 is 0 Å². The lowest BCUT2D eigenvalue weighted by Gasteiger charge is -2.14. The Balaban J connectivity index is 2.24. The largest absolute Gasteiger partial charge is 0.478 e. The maximum atomic E-state index is 10.9. The summed E-state index contributed by atoms with van der Waals surface area (Å²) in [6, 6.07) is 1.81. The van der Waals surface area contributed by atoms with Gasteiger partial charge in [-0.1, -0.05) is 16.8 Å². The third kappa shape index (κ3) is 1.72. The summed E-state index contributed by atoms with van der Waals surface area (Å²) in [4.78, 5) is 15.8. The molecule has 1 atom stereocenters. The van der Waals surface area contributed by atoms with E-state index < -0.39 is 11.6 Å². The molecule has 1 unspecified atom stereocenters. The van der Waals surface area contributed by atoms with Crippen molar-refractivity contribution in [1.82, 2.24) is 0 Å². The van der Waals surface area contributed by atoms with Crippen LogP contribution >= 0.6 is 22.9 Å². The molecule has 0 amide bonds. The zero-order valence-corrected chi connectivity index (χ0v) is 9.43. The second kappa shape index (κ2) is 3.50. The number of carbonyl (C=O) groups is 1. The van der Waals surface area contributed by atoms with Crippen molar-refractivity contribution in [3.05, 3.63) is 21.3 Å². The van der Waals surface area contributed by atoms with Gasteiger partial charge in [-0.05, 0) is 18.4 Å². The minimum atomic E-state index is -1.26. The molecule has 2 heterocycles. The Morgan fingerprint density at radius 1 is 1.80 bits per heavy atom. The maximum absolute atomic E-state index is 10.9. The Morgan fingerprint density at radius 2 is 2.53 bits per heavy atom. The summed E-state index contributed by atoms with van der Waals surface area (Å²) in [5, 5.41) is 14.5. The number of carboxylic acid groups (broad SMARTS) is 1. The number of oxime groups is 1. The molecule has 4 nitrogen and oxygen atoms in total. The van der Waals surface area contributed by atoms with Gasteiger partial charge in [0.15, 0.2) is 0 Å². The van der Waals surface area contributed by atoms with Crippen molar-refractivity contribution >= 4 is 34.6 Å². The number of aliphatic carboxylic acids is 1. The van der Waals surface area contributed by atoms with Gasteiger partial charge in [0.1, 0.15) is 4.34 Å². The smallest absolute Gasteiger partial charge is 0.351 e. The summed E-state index contributed by atoms with van der Waals surface area (Å²) >= 11 is 7.31. The molecular weight excluding hydrogens is 238 g/mol. The fourth-order valence-electron chi connectivity index (χ4n) is 1.30. The number of carboxylic acids is 1. The van der Waals surface area contributed by atoms with Crippen LogP contribution in [-0.2, 0) is 9.63 Å². The van der Waals surface area contributed by atoms with Gasteiger partial charge < -0.3 is 9.94 Å². The normalized spacial score (nSPS) is 24.8. The van der Waals surface area contributed by atoms with Crippen molar-refractivity contribution in [3.8, 4) is 0 Å². The summed E-state index contributed by atoms with van der Waals surface area (Å²) in [5.74, 6) is -1.02. The SMILES string of the molecule is CC1(C(=O)O)CC(c2ccsc2Cl)=NO1. The fraction of sp³-hybridized carbons (Fsp3) is 0.333. The average molecular weight is 246 g/mol. The van der Waals surface area contributed by atoms with Crippen LogP contribution in [0.1, 0.15) is 18.9 Å². The van der Waals surface area contributed by atoms with Gasteiger partial charge in [-0.25, -0.2) is 4.79 Å². The standard InChI is InChI=1S/C9H8ClNO3S/c1-9(8(12)13)4-6(11-14-9)5-2-3-15-7(5)10/h2-3H,4H2,1H3,(H,12,13). The number of halogens is 1. The first kappa shape index (κ1) is 10.4. The second-order valence-electron chi connectivity index (χ2n) is 3.45. The van der Waals surface area contributed by atoms with Crippen LogP contribution in [0.25, 0.3) is 0 Å². The van der Waals surface area contributed by atoms with Crippen molar-refractivity contribution in [2.24, 2.45) is 5.16 Å². The van der Waals surface area contributed by atoms with Crippen LogP contribution in [0.4, 0.5) is 0 Å². The van der Waals surface area contributed by atoms with E-state index in [0.29, 0.717) is 10.0 Å².